The number of rotatable bonds is 4. The molecule has 0 aliphatic heterocycles. The van der Waals surface area contributed by atoms with Crippen LogP contribution in [0.3, 0.4) is 0 Å². The summed E-state index contributed by atoms with van der Waals surface area (Å²) in [5, 5.41) is 6.27. The van der Waals surface area contributed by atoms with Crippen molar-refractivity contribution in [1.82, 2.24) is 9.55 Å². The number of benzene rings is 1. The first-order valence-corrected chi connectivity index (χ1v) is 8.42. The molecule has 1 unspecified atom stereocenters. The number of aryl methyl sites for hydroxylation is 1. The van der Waals surface area contributed by atoms with Crippen molar-refractivity contribution in [3.05, 3.63) is 68.3 Å². The molecule has 21 heavy (non-hydrogen) atoms. The topological polar surface area (TPSA) is 29.9 Å². The van der Waals surface area contributed by atoms with Gasteiger partial charge < -0.3 is 9.88 Å². The van der Waals surface area contributed by atoms with Gasteiger partial charge in [0.1, 0.15) is 11.9 Å². The predicted octanol–water partition coefficient (Wildman–Crippen LogP) is 5.10. The molecule has 108 valence electrons. The molecule has 0 amide bonds. The average Bonchev–Trinajstić information content (AvgIpc) is 3.12. The third kappa shape index (κ3) is 3.15. The van der Waals surface area contributed by atoms with Crippen LogP contribution in [-0.2, 0) is 7.05 Å². The highest BCUT2D eigenvalue weighted by atomic mass is 79.9. The minimum atomic E-state index is 0.00208. The summed E-state index contributed by atoms with van der Waals surface area (Å²) >= 11 is 11.3. The zero-order chi connectivity index (χ0) is 14.8. The fraction of sp³-hybridized carbons (Fsp3) is 0.133. The summed E-state index contributed by atoms with van der Waals surface area (Å²) in [6.45, 7) is 0. The normalized spacial score (nSPS) is 12.3. The monoisotopic (exact) mass is 381 g/mol. The molecule has 0 aliphatic rings. The van der Waals surface area contributed by atoms with E-state index in [2.05, 4.69) is 37.7 Å². The van der Waals surface area contributed by atoms with Crippen LogP contribution in [-0.4, -0.2) is 9.55 Å². The Labute approximate surface area is 140 Å². The van der Waals surface area contributed by atoms with Crippen molar-refractivity contribution in [3.8, 4) is 0 Å². The Balaban J connectivity index is 1.97. The molecule has 0 aliphatic carbocycles. The molecule has 3 nitrogen and oxygen atoms in total. The minimum absolute atomic E-state index is 0.00208. The molecular weight excluding hydrogens is 370 g/mol. The Morgan fingerprint density at radius 1 is 1.38 bits per heavy atom. The molecule has 0 saturated carbocycles. The van der Waals surface area contributed by atoms with Gasteiger partial charge in [0.15, 0.2) is 0 Å². The van der Waals surface area contributed by atoms with E-state index in [9.17, 15) is 0 Å². The summed E-state index contributed by atoms with van der Waals surface area (Å²) in [6, 6.07) is 10.0. The maximum Gasteiger partial charge on any atom is 0.136 e. The van der Waals surface area contributed by atoms with E-state index in [0.717, 1.165) is 16.0 Å². The number of imidazole rings is 1. The lowest BCUT2D eigenvalue weighted by molar-refractivity contribution is 0.756. The number of anilines is 1. The van der Waals surface area contributed by atoms with E-state index in [1.54, 1.807) is 11.3 Å². The van der Waals surface area contributed by atoms with Crippen LogP contribution in [0.5, 0.6) is 0 Å². The zero-order valence-corrected chi connectivity index (χ0v) is 14.4. The third-order valence-electron chi connectivity index (χ3n) is 3.17. The smallest absolute Gasteiger partial charge is 0.136 e. The Kier molecular flexibility index (Phi) is 4.33. The quantitative estimate of drug-likeness (QED) is 0.680. The largest absolute Gasteiger partial charge is 0.371 e. The van der Waals surface area contributed by atoms with Crippen LogP contribution in [0.15, 0.2) is 52.6 Å². The van der Waals surface area contributed by atoms with E-state index >= 15 is 0 Å². The van der Waals surface area contributed by atoms with E-state index in [-0.39, 0.29) is 6.04 Å². The minimum Gasteiger partial charge on any atom is -0.371 e. The lowest BCUT2D eigenvalue weighted by Crippen LogP contribution is -2.15. The number of thiophene rings is 1. The molecule has 0 radical (unpaired) electrons. The fourth-order valence-electron chi connectivity index (χ4n) is 2.13. The highest BCUT2D eigenvalue weighted by Gasteiger charge is 2.19. The number of hydrogen-bond acceptors (Lipinski definition) is 3. The highest BCUT2D eigenvalue weighted by Crippen LogP contribution is 2.31. The number of aromatic nitrogens is 2. The summed E-state index contributed by atoms with van der Waals surface area (Å²) in [5.74, 6) is 0.969. The Morgan fingerprint density at radius 3 is 2.86 bits per heavy atom. The highest BCUT2D eigenvalue weighted by molar-refractivity contribution is 9.10. The van der Waals surface area contributed by atoms with Crippen molar-refractivity contribution >= 4 is 44.6 Å². The van der Waals surface area contributed by atoms with Gasteiger partial charge in [-0.25, -0.2) is 4.98 Å². The van der Waals surface area contributed by atoms with Gasteiger partial charge in [0, 0.05) is 34.5 Å². The maximum atomic E-state index is 6.17. The van der Waals surface area contributed by atoms with Crippen LogP contribution >= 0.6 is 38.9 Å². The molecule has 3 aromatic rings. The van der Waals surface area contributed by atoms with Crippen LogP contribution in [0.25, 0.3) is 0 Å². The summed E-state index contributed by atoms with van der Waals surface area (Å²) in [4.78, 5) is 5.68. The first kappa shape index (κ1) is 14.6. The Hall–Kier alpha value is -1.30. The Bertz CT molecular complexity index is 739. The van der Waals surface area contributed by atoms with Gasteiger partial charge in [0.25, 0.3) is 0 Å². The fourth-order valence-corrected chi connectivity index (χ4v) is 3.33. The van der Waals surface area contributed by atoms with Crippen LogP contribution in [0.2, 0.25) is 5.02 Å². The number of halogens is 2. The summed E-state index contributed by atoms with van der Waals surface area (Å²) in [7, 11) is 2.00. The van der Waals surface area contributed by atoms with Crippen molar-refractivity contribution in [1.29, 1.82) is 0 Å². The van der Waals surface area contributed by atoms with E-state index in [0.29, 0.717) is 5.02 Å². The van der Waals surface area contributed by atoms with Gasteiger partial charge in [-0.1, -0.05) is 17.7 Å². The van der Waals surface area contributed by atoms with Crippen molar-refractivity contribution < 1.29 is 0 Å². The number of nitrogens with zero attached hydrogens (tertiary/aromatic N) is 2. The van der Waals surface area contributed by atoms with Gasteiger partial charge in [0.05, 0.1) is 5.02 Å². The number of nitrogens with one attached hydrogen (secondary N) is 1. The predicted molar refractivity (Wildman–Crippen MR) is 92.1 cm³/mol. The van der Waals surface area contributed by atoms with Crippen molar-refractivity contribution in [2.75, 3.05) is 5.32 Å². The summed E-state index contributed by atoms with van der Waals surface area (Å²) in [5.41, 5.74) is 0.963. The van der Waals surface area contributed by atoms with Crippen LogP contribution in [0, 0.1) is 0 Å². The molecule has 1 aromatic carbocycles. The standard InChI is InChI=1S/C15H13BrClN3S/c1-20-7-6-18-15(20)14(13-3-2-8-21-13)19-10-4-5-11(16)12(17)9-10/h2-9,14,19H,1H3. The van der Waals surface area contributed by atoms with Crippen LogP contribution in [0.1, 0.15) is 16.7 Å². The molecule has 0 saturated heterocycles. The van der Waals surface area contributed by atoms with Crippen LogP contribution < -0.4 is 5.32 Å². The van der Waals surface area contributed by atoms with Crippen LogP contribution in [0.4, 0.5) is 5.69 Å². The lowest BCUT2D eigenvalue weighted by atomic mass is 10.2. The second kappa shape index (κ2) is 6.22. The lowest BCUT2D eigenvalue weighted by Gasteiger charge is -2.19. The molecule has 1 N–H and O–H groups in total. The first-order chi connectivity index (χ1) is 10.1. The summed E-state index contributed by atoms with van der Waals surface area (Å²) < 4.78 is 2.91. The molecule has 0 fully saturated rings. The van der Waals surface area contributed by atoms with Gasteiger partial charge in [0.2, 0.25) is 0 Å². The van der Waals surface area contributed by atoms with E-state index in [4.69, 9.17) is 11.6 Å². The van der Waals surface area contributed by atoms with E-state index < -0.39 is 0 Å². The third-order valence-corrected chi connectivity index (χ3v) is 5.34. The van der Waals surface area contributed by atoms with Gasteiger partial charge in [-0.2, -0.15) is 0 Å². The molecule has 0 bridgehead atoms. The maximum absolute atomic E-state index is 6.17. The molecule has 0 spiro atoms. The van der Waals surface area contributed by atoms with Gasteiger partial charge in [-0.15, -0.1) is 11.3 Å². The first-order valence-electron chi connectivity index (χ1n) is 6.37. The Morgan fingerprint density at radius 2 is 2.24 bits per heavy atom. The zero-order valence-electron chi connectivity index (χ0n) is 11.3. The van der Waals surface area contributed by atoms with Gasteiger partial charge >= 0.3 is 0 Å². The van der Waals surface area contributed by atoms with Crippen molar-refractivity contribution in [2.24, 2.45) is 7.05 Å². The van der Waals surface area contributed by atoms with Crippen molar-refractivity contribution in [2.45, 2.75) is 6.04 Å². The molecule has 3 rings (SSSR count). The van der Waals surface area contributed by atoms with Gasteiger partial charge in [-0.3, -0.25) is 0 Å². The second-order valence-corrected chi connectivity index (χ2v) is 6.86. The average molecular weight is 383 g/mol. The molecule has 2 heterocycles. The molecule has 6 heteroatoms. The van der Waals surface area contributed by atoms with Gasteiger partial charge in [-0.05, 0) is 45.6 Å². The second-order valence-electron chi connectivity index (χ2n) is 4.62. The number of hydrogen-bond donors (Lipinski definition) is 1. The summed E-state index contributed by atoms with van der Waals surface area (Å²) in [6.07, 6.45) is 3.76. The van der Waals surface area contributed by atoms with E-state index in [1.165, 1.54) is 4.88 Å². The van der Waals surface area contributed by atoms with Crippen molar-refractivity contribution in [3.63, 3.8) is 0 Å². The van der Waals surface area contributed by atoms with E-state index in [1.807, 2.05) is 48.3 Å². The SMILES string of the molecule is Cn1ccnc1C(Nc1ccc(Br)c(Cl)c1)c1cccs1. The molecule has 1 atom stereocenters. The molecule has 2 aromatic heterocycles. The molecular formula is C15H13BrClN3S.